The van der Waals surface area contributed by atoms with E-state index in [-0.39, 0.29) is 11.3 Å². The predicted molar refractivity (Wildman–Crippen MR) is 111 cm³/mol. The smallest absolute Gasteiger partial charge is 0.230 e. The highest BCUT2D eigenvalue weighted by Gasteiger charge is 2.45. The maximum absolute atomic E-state index is 13.1. The van der Waals surface area contributed by atoms with Crippen molar-refractivity contribution in [3.8, 4) is 0 Å². The molecule has 1 saturated carbocycles. The molecule has 0 bridgehead atoms. The van der Waals surface area contributed by atoms with Crippen LogP contribution in [0.2, 0.25) is 0 Å². The van der Waals surface area contributed by atoms with E-state index >= 15 is 0 Å². The number of carbonyl (C=O) groups excluding carboxylic acids is 1. The second-order valence-corrected chi connectivity index (χ2v) is 7.78. The first kappa shape index (κ1) is 18.5. The highest BCUT2D eigenvalue weighted by Crippen LogP contribution is 2.43. The third-order valence-electron chi connectivity index (χ3n) is 6.10. The fourth-order valence-electron chi connectivity index (χ4n) is 4.17. The Morgan fingerprint density at radius 1 is 1.04 bits per heavy atom. The molecular weight excluding hydrogens is 346 g/mol. The second-order valence-electron chi connectivity index (χ2n) is 7.78. The molecule has 0 unspecified atom stereocenters. The van der Waals surface area contributed by atoms with Gasteiger partial charge in [-0.2, -0.15) is 5.10 Å². The van der Waals surface area contributed by atoms with Gasteiger partial charge in [-0.05, 0) is 37.8 Å². The summed E-state index contributed by atoms with van der Waals surface area (Å²) in [5.41, 5.74) is 5.21. The number of rotatable bonds is 6. The van der Waals surface area contributed by atoms with E-state index in [4.69, 9.17) is 5.10 Å². The van der Waals surface area contributed by atoms with Crippen molar-refractivity contribution in [3.63, 3.8) is 0 Å². The number of aryl methyl sites for hydroxylation is 1. The van der Waals surface area contributed by atoms with E-state index in [1.54, 1.807) is 0 Å². The molecule has 0 saturated heterocycles. The minimum absolute atomic E-state index is 0.138. The Kier molecular flexibility index (Phi) is 5.03. The first-order chi connectivity index (χ1) is 13.6. The van der Waals surface area contributed by atoms with Gasteiger partial charge in [-0.1, -0.05) is 67.1 Å². The van der Waals surface area contributed by atoms with Crippen LogP contribution in [0.15, 0.2) is 60.7 Å². The molecule has 144 valence electrons. The van der Waals surface area contributed by atoms with Crippen molar-refractivity contribution in [1.29, 1.82) is 0 Å². The number of aromatic nitrogens is 2. The van der Waals surface area contributed by atoms with E-state index in [1.165, 1.54) is 5.56 Å². The summed E-state index contributed by atoms with van der Waals surface area (Å²) < 4.78 is 2.03. The average molecular weight is 374 g/mol. The third-order valence-corrected chi connectivity index (χ3v) is 6.10. The van der Waals surface area contributed by atoms with Crippen LogP contribution in [-0.4, -0.2) is 15.7 Å². The molecule has 28 heavy (non-hydrogen) atoms. The number of nitrogens with zero attached hydrogens (tertiary/aromatic N) is 2. The lowest BCUT2D eigenvalue weighted by molar-refractivity contribution is -0.130. The Labute approximate surface area is 166 Å². The normalized spacial score (nSPS) is 15.1. The standard InChI is InChI=1S/C24H27N3O/c1-18-22(19(2)27(26-18)17-20-10-5-3-6-11-20)16-25-23(28)24(14-9-15-24)21-12-7-4-8-13-21/h3-8,10-13H,9,14-17H2,1-2H3,(H,25,28). The van der Waals surface area contributed by atoms with Crippen LogP contribution in [0, 0.1) is 13.8 Å². The Morgan fingerprint density at radius 2 is 1.68 bits per heavy atom. The minimum atomic E-state index is -0.358. The van der Waals surface area contributed by atoms with E-state index in [2.05, 4.69) is 36.5 Å². The van der Waals surface area contributed by atoms with Gasteiger partial charge in [0.1, 0.15) is 0 Å². The van der Waals surface area contributed by atoms with E-state index in [9.17, 15) is 4.79 Å². The van der Waals surface area contributed by atoms with Crippen molar-refractivity contribution in [3.05, 3.63) is 88.7 Å². The summed E-state index contributed by atoms with van der Waals surface area (Å²) in [4.78, 5) is 13.1. The first-order valence-electron chi connectivity index (χ1n) is 10.0. The number of hydrogen-bond acceptors (Lipinski definition) is 2. The lowest BCUT2D eigenvalue weighted by Gasteiger charge is -2.40. The predicted octanol–water partition coefficient (Wildman–Crippen LogP) is 4.29. The summed E-state index contributed by atoms with van der Waals surface area (Å²) in [5, 5.41) is 7.91. The van der Waals surface area contributed by atoms with Crippen LogP contribution in [0.4, 0.5) is 0 Å². The van der Waals surface area contributed by atoms with Crippen molar-refractivity contribution in [2.45, 2.75) is 51.6 Å². The molecule has 4 rings (SSSR count). The number of nitrogens with one attached hydrogen (secondary N) is 1. The summed E-state index contributed by atoms with van der Waals surface area (Å²) in [5.74, 6) is 0.138. The van der Waals surface area contributed by atoms with Crippen molar-refractivity contribution in [2.24, 2.45) is 0 Å². The molecule has 1 heterocycles. The van der Waals surface area contributed by atoms with Crippen molar-refractivity contribution >= 4 is 5.91 Å². The van der Waals surface area contributed by atoms with Crippen LogP contribution in [0.3, 0.4) is 0 Å². The average Bonchev–Trinajstić information content (AvgIpc) is 2.94. The summed E-state index contributed by atoms with van der Waals surface area (Å²) in [6.45, 7) is 5.38. The molecule has 0 aliphatic heterocycles. The largest absolute Gasteiger partial charge is 0.351 e. The van der Waals surface area contributed by atoms with Gasteiger partial charge in [0, 0.05) is 17.8 Å². The van der Waals surface area contributed by atoms with E-state index in [0.717, 1.165) is 48.3 Å². The van der Waals surface area contributed by atoms with E-state index < -0.39 is 0 Å². The molecule has 2 aromatic carbocycles. The zero-order chi connectivity index (χ0) is 19.6. The Hall–Kier alpha value is -2.88. The fourth-order valence-corrected chi connectivity index (χ4v) is 4.17. The Morgan fingerprint density at radius 3 is 2.29 bits per heavy atom. The van der Waals surface area contributed by atoms with Gasteiger partial charge in [0.05, 0.1) is 17.7 Å². The molecule has 1 fully saturated rings. The van der Waals surface area contributed by atoms with Crippen LogP contribution >= 0.6 is 0 Å². The van der Waals surface area contributed by atoms with Gasteiger partial charge >= 0.3 is 0 Å². The molecule has 1 amide bonds. The highest BCUT2D eigenvalue weighted by molar-refractivity contribution is 5.89. The number of amides is 1. The quantitative estimate of drug-likeness (QED) is 0.701. The lowest BCUT2D eigenvalue weighted by atomic mass is 9.64. The SMILES string of the molecule is Cc1nn(Cc2ccccc2)c(C)c1CNC(=O)C1(c2ccccc2)CCC1. The minimum Gasteiger partial charge on any atom is -0.351 e. The maximum Gasteiger partial charge on any atom is 0.230 e. The summed E-state index contributed by atoms with van der Waals surface area (Å²) in [7, 11) is 0. The molecule has 4 heteroatoms. The molecule has 1 N–H and O–H groups in total. The molecule has 1 aliphatic carbocycles. The molecule has 0 spiro atoms. The fraction of sp³-hybridized carbons (Fsp3) is 0.333. The maximum atomic E-state index is 13.1. The summed E-state index contributed by atoms with van der Waals surface area (Å²) in [6.07, 6.45) is 2.96. The topological polar surface area (TPSA) is 46.9 Å². The number of benzene rings is 2. The summed E-state index contributed by atoms with van der Waals surface area (Å²) >= 11 is 0. The van der Waals surface area contributed by atoms with Crippen LogP contribution in [0.1, 0.15) is 47.3 Å². The lowest BCUT2D eigenvalue weighted by Crippen LogP contribution is -2.49. The Balaban J connectivity index is 1.48. The van der Waals surface area contributed by atoms with E-state index in [1.807, 2.05) is 48.0 Å². The van der Waals surface area contributed by atoms with Gasteiger partial charge in [-0.15, -0.1) is 0 Å². The molecule has 3 aromatic rings. The molecular formula is C24H27N3O. The second kappa shape index (κ2) is 7.63. The zero-order valence-corrected chi connectivity index (χ0v) is 16.6. The van der Waals surface area contributed by atoms with Gasteiger partial charge in [-0.3, -0.25) is 9.48 Å². The van der Waals surface area contributed by atoms with Crippen LogP contribution in [0.5, 0.6) is 0 Å². The molecule has 1 aliphatic rings. The van der Waals surface area contributed by atoms with Gasteiger partial charge in [-0.25, -0.2) is 0 Å². The van der Waals surface area contributed by atoms with Crippen LogP contribution < -0.4 is 5.32 Å². The first-order valence-corrected chi connectivity index (χ1v) is 10.0. The van der Waals surface area contributed by atoms with Crippen molar-refractivity contribution < 1.29 is 4.79 Å². The highest BCUT2D eigenvalue weighted by atomic mass is 16.2. The van der Waals surface area contributed by atoms with Crippen LogP contribution in [-0.2, 0) is 23.3 Å². The third kappa shape index (κ3) is 3.35. The number of hydrogen-bond donors (Lipinski definition) is 1. The van der Waals surface area contributed by atoms with Crippen LogP contribution in [0.25, 0.3) is 0 Å². The van der Waals surface area contributed by atoms with Gasteiger partial charge < -0.3 is 5.32 Å². The summed E-state index contributed by atoms with van der Waals surface area (Å²) in [6, 6.07) is 20.5. The molecule has 0 atom stereocenters. The molecule has 4 nitrogen and oxygen atoms in total. The molecule has 0 radical (unpaired) electrons. The van der Waals surface area contributed by atoms with Crippen molar-refractivity contribution in [1.82, 2.24) is 15.1 Å². The Bertz CT molecular complexity index is 956. The number of carbonyl (C=O) groups is 1. The zero-order valence-electron chi connectivity index (χ0n) is 16.6. The van der Waals surface area contributed by atoms with Gasteiger partial charge in [0.25, 0.3) is 0 Å². The monoisotopic (exact) mass is 373 g/mol. The molecule has 1 aromatic heterocycles. The van der Waals surface area contributed by atoms with Gasteiger partial charge in [0.15, 0.2) is 0 Å². The van der Waals surface area contributed by atoms with E-state index in [0.29, 0.717) is 6.54 Å². The van der Waals surface area contributed by atoms with Gasteiger partial charge in [0.2, 0.25) is 5.91 Å². The van der Waals surface area contributed by atoms with Crippen molar-refractivity contribution in [2.75, 3.05) is 0 Å².